The molecule has 2 aromatic carbocycles. The van der Waals surface area contributed by atoms with Crippen LogP contribution in [0.1, 0.15) is 25.0 Å². The minimum atomic E-state index is 0.351. The number of benzene rings is 2. The van der Waals surface area contributed by atoms with Gasteiger partial charge in [0.05, 0.1) is 11.4 Å². The summed E-state index contributed by atoms with van der Waals surface area (Å²) in [4.78, 5) is 5.92. The third kappa shape index (κ3) is 3.66. The number of anilines is 1. The summed E-state index contributed by atoms with van der Waals surface area (Å²) < 4.78 is 0. The van der Waals surface area contributed by atoms with Crippen LogP contribution in [0.15, 0.2) is 53.5 Å². The molecule has 23 heavy (non-hydrogen) atoms. The van der Waals surface area contributed by atoms with Gasteiger partial charge in [0.1, 0.15) is 11.7 Å². The molecule has 0 saturated carbocycles. The topological polar surface area (TPSA) is 63.3 Å². The summed E-state index contributed by atoms with van der Waals surface area (Å²) >= 11 is 5.92. The number of nitrogens with zero attached hydrogens (tertiary/aromatic N) is 2. The van der Waals surface area contributed by atoms with Crippen molar-refractivity contribution in [3.8, 4) is 0 Å². The van der Waals surface area contributed by atoms with Gasteiger partial charge in [-0.15, -0.1) is 0 Å². The van der Waals surface area contributed by atoms with Crippen LogP contribution in [0.2, 0.25) is 5.02 Å². The molecule has 0 saturated heterocycles. The molecule has 0 heterocycles. The minimum absolute atomic E-state index is 0.351. The number of halogens is 1. The van der Waals surface area contributed by atoms with Crippen LogP contribution in [0.25, 0.3) is 0 Å². The zero-order valence-electron chi connectivity index (χ0n) is 13.4. The molecule has 0 spiro atoms. The van der Waals surface area contributed by atoms with Crippen molar-refractivity contribution in [2.75, 3.05) is 11.9 Å². The Labute approximate surface area is 141 Å². The maximum atomic E-state index is 8.53. The van der Waals surface area contributed by atoms with E-state index in [4.69, 9.17) is 22.4 Å². The Balaban J connectivity index is 2.54. The average Bonchev–Trinajstić information content (AvgIpc) is 2.55. The van der Waals surface area contributed by atoms with Crippen molar-refractivity contribution < 1.29 is 0 Å². The van der Waals surface area contributed by atoms with Gasteiger partial charge in [0, 0.05) is 23.2 Å². The van der Waals surface area contributed by atoms with Crippen LogP contribution in [0.4, 0.5) is 5.69 Å². The Morgan fingerprint density at radius 2 is 1.61 bits per heavy atom. The lowest BCUT2D eigenvalue weighted by atomic mass is 10.00. The molecule has 0 atom stereocenters. The fourth-order valence-corrected chi connectivity index (χ4v) is 2.48. The van der Waals surface area contributed by atoms with Crippen molar-refractivity contribution in [3.63, 3.8) is 0 Å². The Kier molecular flexibility index (Phi) is 5.29. The normalized spacial score (nSPS) is 11.2. The summed E-state index contributed by atoms with van der Waals surface area (Å²) in [5.41, 5.74) is 2.66. The maximum Gasteiger partial charge on any atom is 0.105 e. The number of hydrogen-bond donors (Lipinski definition) is 2. The lowest BCUT2D eigenvalue weighted by molar-refractivity contribution is 1.26. The molecule has 0 aliphatic rings. The van der Waals surface area contributed by atoms with Crippen LogP contribution in [0.5, 0.6) is 0 Å². The molecule has 0 amide bonds. The molecule has 0 radical (unpaired) electrons. The highest BCUT2D eigenvalue weighted by Gasteiger charge is 2.18. The second-order valence-corrected chi connectivity index (χ2v) is 5.53. The Morgan fingerprint density at radius 1 is 1.00 bits per heavy atom. The van der Waals surface area contributed by atoms with Gasteiger partial charge in [-0.2, -0.15) is 0 Å². The summed E-state index contributed by atoms with van der Waals surface area (Å²) in [6, 6.07) is 14.7. The standard InChI is InChI=1S/C18H19ClN4/c1-12(20)23(13(2)22-3)17-7-5-4-6-16(17)18(21)14-8-10-15(19)11-9-14/h4-11,20-21H,1-3H3. The van der Waals surface area contributed by atoms with Gasteiger partial charge in [0.2, 0.25) is 0 Å². The Morgan fingerprint density at radius 3 is 2.17 bits per heavy atom. The van der Waals surface area contributed by atoms with E-state index in [1.54, 1.807) is 31.0 Å². The molecule has 0 aliphatic heterocycles. The zero-order chi connectivity index (χ0) is 17.0. The monoisotopic (exact) mass is 326 g/mol. The fourth-order valence-electron chi connectivity index (χ4n) is 2.35. The van der Waals surface area contributed by atoms with E-state index in [1.807, 2.05) is 43.3 Å². The predicted molar refractivity (Wildman–Crippen MR) is 98.7 cm³/mol. The van der Waals surface area contributed by atoms with Gasteiger partial charge in [-0.25, -0.2) is 0 Å². The van der Waals surface area contributed by atoms with Gasteiger partial charge in [0.15, 0.2) is 0 Å². The van der Waals surface area contributed by atoms with E-state index >= 15 is 0 Å². The van der Waals surface area contributed by atoms with E-state index in [0.717, 1.165) is 16.8 Å². The first-order valence-electron chi connectivity index (χ1n) is 7.18. The number of rotatable bonds is 3. The Hall–Kier alpha value is -2.46. The van der Waals surface area contributed by atoms with Crippen molar-refractivity contribution in [1.29, 1.82) is 10.8 Å². The molecular formula is C18H19ClN4. The quantitative estimate of drug-likeness (QED) is 0.628. The summed E-state index contributed by atoms with van der Waals surface area (Å²) in [7, 11) is 1.69. The van der Waals surface area contributed by atoms with Crippen LogP contribution in [-0.2, 0) is 0 Å². The first-order valence-corrected chi connectivity index (χ1v) is 7.56. The number of hydrogen-bond acceptors (Lipinski definition) is 3. The van der Waals surface area contributed by atoms with Crippen molar-refractivity contribution in [2.24, 2.45) is 4.99 Å². The lowest BCUT2D eigenvalue weighted by Gasteiger charge is -2.25. The first-order chi connectivity index (χ1) is 11.0. The number of para-hydroxylation sites is 1. The smallest absolute Gasteiger partial charge is 0.105 e. The molecule has 2 aromatic rings. The van der Waals surface area contributed by atoms with Crippen LogP contribution < -0.4 is 4.90 Å². The molecule has 4 nitrogen and oxygen atoms in total. The predicted octanol–water partition coefficient (Wildman–Crippen LogP) is 4.61. The second kappa shape index (κ2) is 7.20. The Bertz CT molecular complexity index is 763. The van der Waals surface area contributed by atoms with Crippen LogP contribution >= 0.6 is 11.6 Å². The van der Waals surface area contributed by atoms with E-state index in [2.05, 4.69) is 4.99 Å². The summed E-state index contributed by atoms with van der Waals surface area (Å²) in [6.45, 7) is 3.55. The highest BCUT2D eigenvalue weighted by atomic mass is 35.5. The van der Waals surface area contributed by atoms with Crippen molar-refractivity contribution in [1.82, 2.24) is 0 Å². The van der Waals surface area contributed by atoms with Crippen LogP contribution in [0.3, 0.4) is 0 Å². The SMILES string of the molecule is CN=C(C)N(C(C)=N)c1ccccc1C(=N)c1ccc(Cl)cc1. The molecule has 0 bridgehead atoms. The average molecular weight is 327 g/mol. The molecule has 2 N–H and O–H groups in total. The van der Waals surface area contributed by atoms with Crippen molar-refractivity contribution in [2.45, 2.75) is 13.8 Å². The van der Waals surface area contributed by atoms with Gasteiger partial charge >= 0.3 is 0 Å². The molecule has 0 aliphatic carbocycles. The van der Waals surface area contributed by atoms with Gasteiger partial charge in [-0.05, 0) is 32.0 Å². The molecule has 0 aromatic heterocycles. The molecule has 118 valence electrons. The number of amidine groups is 2. The summed E-state index contributed by atoms with van der Waals surface area (Å²) in [5.74, 6) is 1.05. The highest BCUT2D eigenvalue weighted by Crippen LogP contribution is 2.25. The van der Waals surface area contributed by atoms with Gasteiger partial charge in [-0.3, -0.25) is 20.7 Å². The van der Waals surface area contributed by atoms with Crippen molar-refractivity contribution in [3.05, 3.63) is 64.7 Å². The molecule has 5 heteroatoms. The van der Waals surface area contributed by atoms with Gasteiger partial charge < -0.3 is 0 Å². The summed E-state index contributed by atoms with van der Waals surface area (Å²) in [5, 5.41) is 17.2. The lowest BCUT2D eigenvalue weighted by Crippen LogP contribution is -2.34. The van der Waals surface area contributed by atoms with Gasteiger partial charge in [0.25, 0.3) is 0 Å². The van der Waals surface area contributed by atoms with E-state index in [-0.39, 0.29) is 0 Å². The van der Waals surface area contributed by atoms with E-state index in [1.165, 1.54) is 0 Å². The maximum absolute atomic E-state index is 8.53. The number of nitrogens with one attached hydrogen (secondary N) is 2. The molecule has 2 rings (SSSR count). The first kappa shape index (κ1) is 16.9. The van der Waals surface area contributed by atoms with E-state index in [9.17, 15) is 0 Å². The second-order valence-electron chi connectivity index (χ2n) is 5.09. The van der Waals surface area contributed by atoms with Crippen LogP contribution in [-0.4, -0.2) is 24.4 Å². The fraction of sp³-hybridized carbons (Fsp3) is 0.167. The molecule has 0 unspecified atom stereocenters. The third-order valence-corrected chi connectivity index (χ3v) is 3.78. The largest absolute Gasteiger partial charge is 0.300 e. The third-order valence-electron chi connectivity index (χ3n) is 3.53. The van der Waals surface area contributed by atoms with E-state index in [0.29, 0.717) is 22.4 Å². The van der Waals surface area contributed by atoms with Crippen molar-refractivity contribution >= 4 is 34.7 Å². The zero-order valence-corrected chi connectivity index (χ0v) is 14.1. The summed E-state index contributed by atoms with van der Waals surface area (Å²) in [6.07, 6.45) is 0. The molecular weight excluding hydrogens is 308 g/mol. The minimum Gasteiger partial charge on any atom is -0.300 e. The van der Waals surface area contributed by atoms with Gasteiger partial charge in [-0.1, -0.05) is 41.9 Å². The molecule has 0 fully saturated rings. The number of aliphatic imine (C=N–C) groups is 1. The highest BCUT2D eigenvalue weighted by molar-refractivity contribution is 6.30. The van der Waals surface area contributed by atoms with Crippen LogP contribution in [0, 0.1) is 10.8 Å². The van der Waals surface area contributed by atoms with E-state index < -0.39 is 0 Å².